The lowest BCUT2D eigenvalue weighted by Crippen LogP contribution is -2.44. The van der Waals surface area contributed by atoms with Crippen LogP contribution in [-0.4, -0.2) is 33.8 Å². The zero-order valence-corrected chi connectivity index (χ0v) is 15.4. The number of fused-ring (bicyclic) bond motifs is 1. The standard InChI is InChI=1S/C19H16ClF3N4O/c20-13-5-7-14(8-6-13)27-17(28)16-15(4-1-9-24-16)25-18(27)26-10-2-3-12(11-26)19(21,22)23/h1,4-9,12H,2-3,10-11H2. The van der Waals surface area contributed by atoms with Gasteiger partial charge in [-0.2, -0.15) is 13.2 Å². The molecule has 1 aliphatic heterocycles. The highest BCUT2D eigenvalue weighted by atomic mass is 35.5. The van der Waals surface area contributed by atoms with Crippen LogP contribution >= 0.6 is 11.6 Å². The smallest absolute Gasteiger partial charge is 0.341 e. The molecular formula is C19H16ClF3N4O. The Kier molecular flexibility index (Phi) is 4.74. The number of piperidine rings is 1. The Hall–Kier alpha value is -2.61. The number of rotatable bonds is 2. The number of anilines is 1. The molecule has 4 rings (SSSR count). The summed E-state index contributed by atoms with van der Waals surface area (Å²) >= 11 is 5.94. The van der Waals surface area contributed by atoms with E-state index in [0.717, 1.165) is 0 Å². The fourth-order valence-electron chi connectivity index (χ4n) is 3.47. The first-order chi connectivity index (χ1) is 13.3. The molecule has 9 heteroatoms. The van der Waals surface area contributed by atoms with E-state index in [1.807, 2.05) is 0 Å². The number of hydrogen-bond acceptors (Lipinski definition) is 4. The number of pyridine rings is 1. The van der Waals surface area contributed by atoms with Gasteiger partial charge >= 0.3 is 6.18 Å². The summed E-state index contributed by atoms with van der Waals surface area (Å²) in [7, 11) is 0. The second kappa shape index (κ2) is 7.09. The minimum Gasteiger partial charge on any atom is -0.341 e. The van der Waals surface area contributed by atoms with Crippen LogP contribution in [0.15, 0.2) is 47.4 Å². The van der Waals surface area contributed by atoms with Crippen molar-refractivity contribution in [2.75, 3.05) is 18.0 Å². The highest BCUT2D eigenvalue weighted by molar-refractivity contribution is 6.30. The summed E-state index contributed by atoms with van der Waals surface area (Å²) in [6, 6.07) is 9.77. The van der Waals surface area contributed by atoms with Gasteiger partial charge in [-0.25, -0.2) is 14.5 Å². The first-order valence-corrected chi connectivity index (χ1v) is 9.18. The molecule has 1 saturated heterocycles. The van der Waals surface area contributed by atoms with E-state index in [4.69, 9.17) is 11.6 Å². The maximum atomic E-state index is 13.3. The molecule has 0 amide bonds. The fourth-order valence-corrected chi connectivity index (χ4v) is 3.59. The van der Waals surface area contributed by atoms with Crippen molar-refractivity contribution in [3.63, 3.8) is 0 Å². The van der Waals surface area contributed by atoms with Crippen LogP contribution in [0.2, 0.25) is 5.02 Å². The van der Waals surface area contributed by atoms with Crippen LogP contribution in [0.25, 0.3) is 16.7 Å². The molecule has 1 atom stereocenters. The predicted molar refractivity (Wildman–Crippen MR) is 101 cm³/mol. The van der Waals surface area contributed by atoms with Crippen LogP contribution in [0.1, 0.15) is 12.8 Å². The molecule has 1 aromatic carbocycles. The average Bonchev–Trinajstić information content (AvgIpc) is 2.68. The molecule has 3 heterocycles. The number of hydrogen-bond donors (Lipinski definition) is 0. The van der Waals surface area contributed by atoms with Gasteiger partial charge in [-0.1, -0.05) is 11.6 Å². The van der Waals surface area contributed by atoms with E-state index in [-0.39, 0.29) is 24.4 Å². The van der Waals surface area contributed by atoms with E-state index in [2.05, 4.69) is 9.97 Å². The number of alkyl halides is 3. The molecule has 1 unspecified atom stereocenters. The highest BCUT2D eigenvalue weighted by Gasteiger charge is 2.42. The summed E-state index contributed by atoms with van der Waals surface area (Å²) in [6.07, 6.45) is -2.37. The van der Waals surface area contributed by atoms with Gasteiger partial charge in [0.15, 0.2) is 5.52 Å². The molecule has 0 aliphatic carbocycles. The molecule has 5 nitrogen and oxygen atoms in total. The summed E-state index contributed by atoms with van der Waals surface area (Å²) in [5.74, 6) is -1.27. The van der Waals surface area contributed by atoms with Gasteiger partial charge in [-0.3, -0.25) is 4.79 Å². The number of benzene rings is 1. The molecular weight excluding hydrogens is 393 g/mol. The molecule has 1 fully saturated rings. The summed E-state index contributed by atoms with van der Waals surface area (Å²) < 4.78 is 41.2. The van der Waals surface area contributed by atoms with Crippen molar-refractivity contribution in [3.05, 3.63) is 58.0 Å². The molecule has 0 spiro atoms. The number of aromatic nitrogens is 3. The minimum absolute atomic E-state index is 0.0698. The third-order valence-corrected chi connectivity index (χ3v) is 5.12. The van der Waals surface area contributed by atoms with Crippen molar-refractivity contribution in [3.8, 4) is 5.69 Å². The maximum absolute atomic E-state index is 13.3. The van der Waals surface area contributed by atoms with Gasteiger partial charge in [0, 0.05) is 24.3 Å². The quantitative estimate of drug-likeness (QED) is 0.637. The van der Waals surface area contributed by atoms with Crippen molar-refractivity contribution >= 4 is 28.6 Å². The zero-order valence-electron chi connectivity index (χ0n) is 14.7. The largest absolute Gasteiger partial charge is 0.393 e. The Labute approximate surface area is 163 Å². The molecule has 0 radical (unpaired) electrons. The molecule has 0 bridgehead atoms. The van der Waals surface area contributed by atoms with E-state index < -0.39 is 17.7 Å². The van der Waals surface area contributed by atoms with Crippen molar-refractivity contribution in [2.45, 2.75) is 19.0 Å². The Morgan fingerprint density at radius 2 is 1.89 bits per heavy atom. The van der Waals surface area contributed by atoms with Gasteiger partial charge in [0.05, 0.1) is 17.1 Å². The Bertz CT molecular complexity index is 1070. The third kappa shape index (κ3) is 3.44. The fraction of sp³-hybridized carbons (Fsp3) is 0.316. The monoisotopic (exact) mass is 408 g/mol. The van der Waals surface area contributed by atoms with Crippen LogP contribution in [0.5, 0.6) is 0 Å². The lowest BCUT2D eigenvalue weighted by atomic mass is 9.98. The van der Waals surface area contributed by atoms with Crippen LogP contribution in [0, 0.1) is 5.92 Å². The van der Waals surface area contributed by atoms with Crippen molar-refractivity contribution in [1.82, 2.24) is 14.5 Å². The predicted octanol–water partition coefficient (Wildman–Crippen LogP) is 4.21. The molecule has 146 valence electrons. The van der Waals surface area contributed by atoms with E-state index in [0.29, 0.717) is 29.2 Å². The Morgan fingerprint density at radius 3 is 2.61 bits per heavy atom. The highest BCUT2D eigenvalue weighted by Crippen LogP contribution is 2.34. The van der Waals surface area contributed by atoms with Gasteiger partial charge in [0.1, 0.15) is 0 Å². The van der Waals surface area contributed by atoms with Gasteiger partial charge in [-0.15, -0.1) is 0 Å². The van der Waals surface area contributed by atoms with Crippen LogP contribution in [0.3, 0.4) is 0 Å². The SMILES string of the molecule is O=c1c2ncccc2nc(N2CCCC(C(F)(F)F)C2)n1-c1ccc(Cl)cc1. The van der Waals surface area contributed by atoms with Crippen LogP contribution in [-0.2, 0) is 0 Å². The summed E-state index contributed by atoms with van der Waals surface area (Å²) in [5.41, 5.74) is 0.545. The zero-order chi connectivity index (χ0) is 19.9. The van der Waals surface area contributed by atoms with Gasteiger partial charge in [0.25, 0.3) is 5.56 Å². The second-order valence-corrected chi connectivity index (χ2v) is 7.16. The van der Waals surface area contributed by atoms with E-state index in [1.165, 1.54) is 15.7 Å². The Balaban J connectivity index is 1.90. The Morgan fingerprint density at radius 1 is 1.14 bits per heavy atom. The average molecular weight is 409 g/mol. The number of nitrogens with zero attached hydrogens (tertiary/aromatic N) is 4. The van der Waals surface area contributed by atoms with Gasteiger partial charge in [-0.05, 0) is 49.2 Å². The molecule has 2 aromatic heterocycles. The van der Waals surface area contributed by atoms with Gasteiger partial charge < -0.3 is 4.90 Å². The van der Waals surface area contributed by atoms with Crippen molar-refractivity contribution in [1.29, 1.82) is 0 Å². The molecule has 3 aromatic rings. The van der Waals surface area contributed by atoms with Crippen LogP contribution < -0.4 is 10.5 Å². The lowest BCUT2D eigenvalue weighted by Gasteiger charge is -2.35. The van der Waals surface area contributed by atoms with E-state index in [9.17, 15) is 18.0 Å². The van der Waals surface area contributed by atoms with E-state index >= 15 is 0 Å². The first kappa shape index (κ1) is 18.7. The van der Waals surface area contributed by atoms with Crippen molar-refractivity contribution in [2.24, 2.45) is 5.92 Å². The normalized spacial score (nSPS) is 17.9. The topological polar surface area (TPSA) is 51.0 Å². The third-order valence-electron chi connectivity index (χ3n) is 4.86. The maximum Gasteiger partial charge on any atom is 0.393 e. The number of halogens is 4. The minimum atomic E-state index is -4.29. The van der Waals surface area contributed by atoms with Crippen molar-refractivity contribution < 1.29 is 13.2 Å². The van der Waals surface area contributed by atoms with E-state index in [1.54, 1.807) is 36.4 Å². The summed E-state index contributed by atoms with van der Waals surface area (Å²) in [5, 5.41) is 0.486. The molecule has 0 N–H and O–H groups in total. The molecule has 0 saturated carbocycles. The van der Waals surface area contributed by atoms with Crippen LogP contribution in [0.4, 0.5) is 19.1 Å². The molecule has 1 aliphatic rings. The van der Waals surface area contributed by atoms with Gasteiger partial charge in [0.2, 0.25) is 5.95 Å². The lowest BCUT2D eigenvalue weighted by molar-refractivity contribution is -0.176. The summed E-state index contributed by atoms with van der Waals surface area (Å²) in [4.78, 5) is 23.3. The second-order valence-electron chi connectivity index (χ2n) is 6.73. The summed E-state index contributed by atoms with van der Waals surface area (Å²) in [6.45, 7) is 0.147. The molecule has 28 heavy (non-hydrogen) atoms. The first-order valence-electron chi connectivity index (χ1n) is 8.80.